The number of amides is 1. The Balaban J connectivity index is 1.75. The van der Waals surface area contributed by atoms with Crippen LogP contribution in [0.4, 0.5) is 0 Å². The van der Waals surface area contributed by atoms with Gasteiger partial charge in [-0.05, 0) is 56.0 Å². The fraction of sp³-hybridized carbons (Fsp3) is 0.450. The number of carbonyl (C=O) groups is 1. The van der Waals surface area contributed by atoms with E-state index < -0.39 is 10.0 Å². The number of nitrogens with zero attached hydrogens (tertiary/aromatic N) is 1. The van der Waals surface area contributed by atoms with Gasteiger partial charge in [0, 0.05) is 29.6 Å². The molecular weight excluding hydrogens is 380 g/mol. The van der Waals surface area contributed by atoms with E-state index in [0.717, 1.165) is 36.1 Å². The summed E-state index contributed by atoms with van der Waals surface area (Å²) >= 11 is 1.28. The highest BCUT2D eigenvalue weighted by atomic mass is 32.2. The van der Waals surface area contributed by atoms with Crippen LogP contribution in [-0.4, -0.2) is 37.8 Å². The van der Waals surface area contributed by atoms with Gasteiger partial charge in [-0.3, -0.25) is 4.79 Å². The van der Waals surface area contributed by atoms with Gasteiger partial charge in [0.25, 0.3) is 15.9 Å². The molecule has 0 radical (unpaired) electrons. The van der Waals surface area contributed by atoms with E-state index in [0.29, 0.717) is 22.9 Å². The number of rotatable bonds is 6. The second-order valence-electron chi connectivity index (χ2n) is 6.94. The van der Waals surface area contributed by atoms with Crippen molar-refractivity contribution in [2.45, 2.75) is 49.8 Å². The summed E-state index contributed by atoms with van der Waals surface area (Å²) in [6.07, 6.45) is 3.83. The van der Waals surface area contributed by atoms with E-state index >= 15 is 0 Å². The second-order valence-corrected chi connectivity index (χ2v) is 10.2. The summed E-state index contributed by atoms with van der Waals surface area (Å²) in [4.78, 5) is 13.1. The van der Waals surface area contributed by atoms with Gasteiger partial charge in [0.05, 0.1) is 0 Å². The van der Waals surface area contributed by atoms with E-state index in [2.05, 4.69) is 5.32 Å². The van der Waals surface area contributed by atoms with Crippen LogP contribution >= 0.6 is 11.3 Å². The molecule has 3 rings (SSSR count). The fourth-order valence-corrected chi connectivity index (χ4v) is 6.02. The Morgan fingerprint density at radius 2 is 1.78 bits per heavy atom. The average molecular weight is 407 g/mol. The van der Waals surface area contributed by atoms with Gasteiger partial charge in [-0.25, -0.2) is 8.42 Å². The van der Waals surface area contributed by atoms with Crippen molar-refractivity contribution in [2.75, 3.05) is 13.1 Å². The van der Waals surface area contributed by atoms with E-state index in [1.54, 1.807) is 22.5 Å². The molecule has 1 atom stereocenters. The van der Waals surface area contributed by atoms with Gasteiger partial charge in [0.1, 0.15) is 4.21 Å². The standard InChI is InChI=1S/C20H26N2O3S2/c1-3-15(2)21-20(23)17-9-7-16(8-10-17)18-11-12-19(26-18)27(24,25)22-13-5-4-6-14-22/h7-12,15H,3-6,13-14H2,1-2H3,(H,21,23)/t15-/m0/s1. The lowest BCUT2D eigenvalue weighted by Crippen LogP contribution is -2.35. The summed E-state index contributed by atoms with van der Waals surface area (Å²) in [5, 5.41) is 2.94. The van der Waals surface area contributed by atoms with Crippen molar-refractivity contribution in [1.82, 2.24) is 9.62 Å². The zero-order valence-electron chi connectivity index (χ0n) is 15.8. The molecule has 0 bridgehead atoms. The molecule has 1 fully saturated rings. The zero-order valence-corrected chi connectivity index (χ0v) is 17.4. The van der Waals surface area contributed by atoms with Crippen LogP contribution in [0.2, 0.25) is 0 Å². The normalized spacial score (nSPS) is 16.8. The van der Waals surface area contributed by atoms with Gasteiger partial charge in [-0.2, -0.15) is 4.31 Å². The van der Waals surface area contributed by atoms with Gasteiger partial charge in [-0.1, -0.05) is 25.5 Å². The summed E-state index contributed by atoms with van der Waals surface area (Å²) < 4.78 is 27.6. The maximum absolute atomic E-state index is 12.8. The molecule has 1 aliphatic heterocycles. The highest BCUT2D eigenvalue weighted by Crippen LogP contribution is 2.33. The lowest BCUT2D eigenvalue weighted by molar-refractivity contribution is 0.0939. The van der Waals surface area contributed by atoms with Crippen LogP contribution in [0.5, 0.6) is 0 Å². The maximum atomic E-state index is 12.8. The molecule has 1 aromatic heterocycles. The largest absolute Gasteiger partial charge is 0.350 e. The number of thiophene rings is 1. The maximum Gasteiger partial charge on any atom is 0.252 e. The minimum Gasteiger partial charge on any atom is -0.350 e. The number of piperidine rings is 1. The molecule has 2 aromatic rings. The summed E-state index contributed by atoms with van der Waals surface area (Å²) in [6, 6.07) is 11.0. The van der Waals surface area contributed by atoms with Crippen molar-refractivity contribution in [2.24, 2.45) is 0 Å². The molecule has 1 saturated heterocycles. The number of sulfonamides is 1. The van der Waals surface area contributed by atoms with Crippen LogP contribution in [0.15, 0.2) is 40.6 Å². The lowest BCUT2D eigenvalue weighted by Gasteiger charge is -2.25. The molecule has 146 valence electrons. The van der Waals surface area contributed by atoms with Crippen molar-refractivity contribution >= 4 is 27.3 Å². The highest BCUT2D eigenvalue weighted by molar-refractivity contribution is 7.91. The Kier molecular flexibility index (Phi) is 6.34. The quantitative estimate of drug-likeness (QED) is 0.785. The third-order valence-electron chi connectivity index (χ3n) is 4.91. The van der Waals surface area contributed by atoms with Crippen LogP contribution in [0, 0.1) is 0 Å². The smallest absolute Gasteiger partial charge is 0.252 e. The molecule has 5 nitrogen and oxygen atoms in total. The molecule has 0 spiro atoms. The van der Waals surface area contributed by atoms with Crippen LogP contribution in [0.3, 0.4) is 0 Å². The van der Waals surface area contributed by atoms with E-state index in [9.17, 15) is 13.2 Å². The summed E-state index contributed by atoms with van der Waals surface area (Å²) in [6.45, 7) is 5.22. The fourth-order valence-electron chi connectivity index (χ4n) is 3.04. The molecule has 0 aliphatic carbocycles. The first-order valence-corrected chi connectivity index (χ1v) is 11.7. The predicted octanol–water partition coefficient (Wildman–Crippen LogP) is 4.12. The molecule has 2 heterocycles. The van der Waals surface area contributed by atoms with Gasteiger partial charge in [0.15, 0.2) is 0 Å². The molecule has 1 amide bonds. The van der Waals surface area contributed by atoms with Gasteiger partial charge in [0.2, 0.25) is 0 Å². The first-order chi connectivity index (χ1) is 12.9. The number of hydrogen-bond donors (Lipinski definition) is 1. The van der Waals surface area contributed by atoms with Gasteiger partial charge in [-0.15, -0.1) is 11.3 Å². The molecule has 7 heteroatoms. The van der Waals surface area contributed by atoms with Crippen molar-refractivity contribution in [1.29, 1.82) is 0 Å². The minimum atomic E-state index is -3.40. The Hall–Kier alpha value is -1.70. The van der Waals surface area contributed by atoms with Crippen molar-refractivity contribution in [3.63, 3.8) is 0 Å². The Bertz CT molecular complexity index is 882. The SMILES string of the molecule is CC[C@H](C)NC(=O)c1ccc(-c2ccc(S(=O)(=O)N3CCCCC3)s2)cc1. The number of hydrogen-bond acceptors (Lipinski definition) is 4. The number of nitrogens with one attached hydrogen (secondary N) is 1. The highest BCUT2D eigenvalue weighted by Gasteiger charge is 2.27. The van der Waals surface area contributed by atoms with Crippen molar-refractivity contribution in [3.8, 4) is 10.4 Å². The summed E-state index contributed by atoms with van der Waals surface area (Å²) in [5.74, 6) is -0.0876. The molecule has 1 N–H and O–H groups in total. The molecule has 0 unspecified atom stereocenters. The first-order valence-electron chi connectivity index (χ1n) is 9.43. The van der Waals surface area contributed by atoms with E-state index in [1.165, 1.54) is 11.3 Å². The molecular formula is C20H26N2O3S2. The number of carbonyl (C=O) groups excluding carboxylic acids is 1. The van der Waals surface area contributed by atoms with E-state index in [4.69, 9.17) is 0 Å². The van der Waals surface area contributed by atoms with E-state index in [-0.39, 0.29) is 11.9 Å². The number of benzene rings is 1. The third-order valence-corrected chi connectivity index (χ3v) is 8.41. The second kappa shape index (κ2) is 8.54. The van der Waals surface area contributed by atoms with E-state index in [1.807, 2.05) is 32.0 Å². The van der Waals surface area contributed by atoms with Crippen LogP contribution in [0.1, 0.15) is 49.9 Å². The van der Waals surface area contributed by atoms with Gasteiger partial charge < -0.3 is 5.32 Å². The average Bonchev–Trinajstić information content (AvgIpc) is 3.19. The molecule has 27 heavy (non-hydrogen) atoms. The predicted molar refractivity (Wildman–Crippen MR) is 110 cm³/mol. The third kappa shape index (κ3) is 4.59. The monoisotopic (exact) mass is 406 g/mol. The summed E-state index contributed by atoms with van der Waals surface area (Å²) in [5.41, 5.74) is 1.52. The zero-order chi connectivity index (χ0) is 19.4. The Labute approximate surface area is 165 Å². The Morgan fingerprint density at radius 3 is 2.41 bits per heavy atom. The summed E-state index contributed by atoms with van der Waals surface area (Å²) in [7, 11) is -3.40. The molecule has 1 aliphatic rings. The van der Waals surface area contributed by atoms with Crippen LogP contribution < -0.4 is 5.32 Å². The van der Waals surface area contributed by atoms with Crippen LogP contribution in [0.25, 0.3) is 10.4 Å². The minimum absolute atomic E-state index is 0.0876. The molecule has 1 aromatic carbocycles. The van der Waals surface area contributed by atoms with Crippen molar-refractivity contribution < 1.29 is 13.2 Å². The van der Waals surface area contributed by atoms with Crippen LogP contribution in [-0.2, 0) is 10.0 Å². The van der Waals surface area contributed by atoms with Gasteiger partial charge >= 0.3 is 0 Å². The molecule has 0 saturated carbocycles. The Morgan fingerprint density at radius 1 is 1.11 bits per heavy atom. The lowest BCUT2D eigenvalue weighted by atomic mass is 10.1. The first kappa shape index (κ1) is 20.0. The van der Waals surface area contributed by atoms with Crippen molar-refractivity contribution in [3.05, 3.63) is 42.0 Å². The topological polar surface area (TPSA) is 66.5 Å².